The molecule has 0 saturated carbocycles. The van der Waals surface area contributed by atoms with E-state index in [9.17, 15) is 9.18 Å². The lowest BCUT2D eigenvalue weighted by Gasteiger charge is -2.33. The zero-order valence-electron chi connectivity index (χ0n) is 19.5. The molecule has 1 aliphatic heterocycles. The smallest absolute Gasteiger partial charge is 0.227 e. The molecular formula is C26H29FN4O2. The Morgan fingerprint density at radius 3 is 2.61 bits per heavy atom. The summed E-state index contributed by atoms with van der Waals surface area (Å²) >= 11 is 0. The molecule has 7 heteroatoms. The topological polar surface area (TPSA) is 58.6 Å². The largest absolute Gasteiger partial charge is 0.368 e. The van der Waals surface area contributed by atoms with Gasteiger partial charge in [0.25, 0.3) is 0 Å². The number of hydrogen-bond acceptors (Lipinski definition) is 5. The number of carbonyl (C=O) groups is 1. The van der Waals surface area contributed by atoms with Gasteiger partial charge in [-0.25, -0.2) is 14.4 Å². The molecule has 1 aliphatic rings. The van der Waals surface area contributed by atoms with Gasteiger partial charge in [-0.1, -0.05) is 30.3 Å². The van der Waals surface area contributed by atoms with Gasteiger partial charge >= 0.3 is 0 Å². The molecule has 1 fully saturated rings. The van der Waals surface area contributed by atoms with E-state index >= 15 is 0 Å². The Balaban J connectivity index is 1.60. The molecule has 1 saturated heterocycles. The highest BCUT2D eigenvalue weighted by Gasteiger charge is 2.29. The number of aryl methyl sites for hydroxylation is 2. The number of benzene rings is 2. The third-order valence-corrected chi connectivity index (χ3v) is 6.01. The molecule has 2 aromatic carbocycles. The molecule has 0 aliphatic carbocycles. The highest BCUT2D eigenvalue weighted by atomic mass is 19.1. The van der Waals surface area contributed by atoms with Gasteiger partial charge in [0.2, 0.25) is 11.9 Å². The Kier molecular flexibility index (Phi) is 6.70. The normalized spacial score (nSPS) is 16.0. The van der Waals surface area contributed by atoms with Gasteiger partial charge in [-0.2, -0.15) is 0 Å². The van der Waals surface area contributed by atoms with Crippen LogP contribution in [0.15, 0.2) is 48.7 Å². The standard InChI is InChI=1S/C26H29FN4O2/c1-17-5-6-19(13-18(17)2)14-24(32)31-11-12-33-23(16-31)25-22(15-28-26(29-25)30(3)4)20-7-9-21(27)10-8-20/h5-10,13,15,23H,11-12,14,16H2,1-4H3. The van der Waals surface area contributed by atoms with Crippen LogP contribution in [0.2, 0.25) is 0 Å². The highest BCUT2D eigenvalue weighted by molar-refractivity contribution is 5.79. The van der Waals surface area contributed by atoms with Crippen LogP contribution in [0, 0.1) is 19.7 Å². The minimum atomic E-state index is -0.399. The van der Waals surface area contributed by atoms with E-state index in [1.165, 1.54) is 23.3 Å². The average molecular weight is 449 g/mol. The Morgan fingerprint density at radius 1 is 1.15 bits per heavy atom. The van der Waals surface area contributed by atoms with Gasteiger partial charge in [-0.3, -0.25) is 4.79 Å². The Bertz CT molecular complexity index is 1150. The Labute approximate surface area is 194 Å². The van der Waals surface area contributed by atoms with Gasteiger partial charge in [0.1, 0.15) is 11.9 Å². The van der Waals surface area contributed by atoms with E-state index in [-0.39, 0.29) is 11.7 Å². The summed E-state index contributed by atoms with van der Waals surface area (Å²) < 4.78 is 19.6. The van der Waals surface area contributed by atoms with E-state index in [2.05, 4.69) is 31.0 Å². The number of amides is 1. The molecule has 0 bridgehead atoms. The van der Waals surface area contributed by atoms with Gasteiger partial charge in [0, 0.05) is 32.4 Å². The van der Waals surface area contributed by atoms with Crippen LogP contribution in [0.5, 0.6) is 0 Å². The van der Waals surface area contributed by atoms with Gasteiger partial charge in [-0.05, 0) is 48.2 Å². The van der Waals surface area contributed by atoms with Crippen molar-refractivity contribution in [2.24, 2.45) is 0 Å². The van der Waals surface area contributed by atoms with Crippen LogP contribution in [-0.2, 0) is 16.0 Å². The summed E-state index contributed by atoms with van der Waals surface area (Å²) in [7, 11) is 3.75. The molecule has 0 radical (unpaired) electrons. The summed E-state index contributed by atoms with van der Waals surface area (Å²) in [5.41, 5.74) is 5.68. The molecule has 2 heterocycles. The zero-order valence-corrected chi connectivity index (χ0v) is 19.5. The maximum Gasteiger partial charge on any atom is 0.227 e. The third kappa shape index (κ3) is 5.20. The SMILES string of the molecule is Cc1ccc(CC(=O)N2CCOC(c3nc(N(C)C)ncc3-c3ccc(F)cc3)C2)cc1C. The van der Waals surface area contributed by atoms with Crippen molar-refractivity contribution >= 4 is 11.9 Å². The van der Waals surface area contributed by atoms with Crippen LogP contribution < -0.4 is 4.90 Å². The first kappa shape index (κ1) is 22.9. The monoisotopic (exact) mass is 448 g/mol. The lowest BCUT2D eigenvalue weighted by atomic mass is 10.0. The lowest BCUT2D eigenvalue weighted by Crippen LogP contribution is -2.43. The number of morpholine rings is 1. The van der Waals surface area contributed by atoms with E-state index in [0.29, 0.717) is 37.8 Å². The number of halogens is 1. The molecule has 1 unspecified atom stereocenters. The third-order valence-electron chi connectivity index (χ3n) is 6.01. The first-order chi connectivity index (χ1) is 15.8. The van der Waals surface area contributed by atoms with Crippen molar-refractivity contribution in [3.05, 3.63) is 76.9 Å². The summed E-state index contributed by atoms with van der Waals surface area (Å²) in [6.45, 7) is 5.49. The van der Waals surface area contributed by atoms with E-state index in [1.54, 1.807) is 18.3 Å². The molecule has 172 valence electrons. The molecule has 33 heavy (non-hydrogen) atoms. The van der Waals surface area contributed by atoms with Crippen LogP contribution >= 0.6 is 0 Å². The summed E-state index contributed by atoms with van der Waals surface area (Å²) in [4.78, 5) is 26.0. The second-order valence-corrected chi connectivity index (χ2v) is 8.66. The fraction of sp³-hybridized carbons (Fsp3) is 0.346. The van der Waals surface area contributed by atoms with Crippen molar-refractivity contribution in [2.45, 2.75) is 26.4 Å². The van der Waals surface area contributed by atoms with Gasteiger partial charge in [-0.15, -0.1) is 0 Å². The number of aromatic nitrogens is 2. The van der Waals surface area contributed by atoms with Crippen molar-refractivity contribution in [3.8, 4) is 11.1 Å². The van der Waals surface area contributed by atoms with Crippen molar-refractivity contribution < 1.29 is 13.9 Å². The van der Waals surface area contributed by atoms with Gasteiger partial charge in [0.15, 0.2) is 0 Å². The van der Waals surface area contributed by atoms with E-state index < -0.39 is 6.10 Å². The van der Waals surface area contributed by atoms with Crippen molar-refractivity contribution in [1.29, 1.82) is 0 Å². The van der Waals surface area contributed by atoms with Gasteiger partial charge in [0.05, 0.1) is 25.3 Å². The number of ether oxygens (including phenoxy) is 1. The number of anilines is 1. The number of hydrogen-bond donors (Lipinski definition) is 0. The van der Waals surface area contributed by atoms with Gasteiger partial charge < -0.3 is 14.5 Å². The predicted molar refractivity (Wildman–Crippen MR) is 127 cm³/mol. The van der Waals surface area contributed by atoms with Crippen molar-refractivity contribution in [3.63, 3.8) is 0 Å². The van der Waals surface area contributed by atoms with Crippen LogP contribution in [0.1, 0.15) is 28.5 Å². The van der Waals surface area contributed by atoms with Crippen molar-refractivity contribution in [1.82, 2.24) is 14.9 Å². The average Bonchev–Trinajstić information content (AvgIpc) is 2.81. The fourth-order valence-corrected chi connectivity index (χ4v) is 3.94. The maximum atomic E-state index is 13.5. The zero-order chi connectivity index (χ0) is 23.5. The molecule has 1 aromatic heterocycles. The molecular weight excluding hydrogens is 419 g/mol. The van der Waals surface area contributed by atoms with Crippen LogP contribution in [0.3, 0.4) is 0 Å². The van der Waals surface area contributed by atoms with Crippen LogP contribution in [0.4, 0.5) is 10.3 Å². The minimum Gasteiger partial charge on any atom is -0.368 e. The summed E-state index contributed by atoms with van der Waals surface area (Å²) in [6.07, 6.45) is 1.69. The van der Waals surface area contributed by atoms with Crippen molar-refractivity contribution in [2.75, 3.05) is 38.7 Å². The summed E-state index contributed by atoms with van der Waals surface area (Å²) in [5, 5.41) is 0. The molecule has 0 spiro atoms. The van der Waals surface area contributed by atoms with E-state index in [1.807, 2.05) is 30.0 Å². The molecule has 1 atom stereocenters. The lowest BCUT2D eigenvalue weighted by molar-refractivity contribution is -0.138. The quantitative estimate of drug-likeness (QED) is 0.588. The Morgan fingerprint density at radius 2 is 1.91 bits per heavy atom. The number of nitrogens with zero attached hydrogens (tertiary/aromatic N) is 4. The molecule has 1 amide bonds. The molecule has 3 aromatic rings. The Hall–Kier alpha value is -3.32. The fourth-order valence-electron chi connectivity index (χ4n) is 3.94. The second kappa shape index (κ2) is 9.67. The first-order valence-corrected chi connectivity index (χ1v) is 11.1. The predicted octanol–water partition coefficient (Wildman–Crippen LogP) is 4.11. The van der Waals surface area contributed by atoms with Crippen LogP contribution in [0.25, 0.3) is 11.1 Å². The molecule has 0 N–H and O–H groups in total. The first-order valence-electron chi connectivity index (χ1n) is 11.1. The minimum absolute atomic E-state index is 0.0665. The number of rotatable bonds is 5. The summed E-state index contributed by atoms with van der Waals surface area (Å²) in [6, 6.07) is 12.4. The molecule has 6 nitrogen and oxygen atoms in total. The molecule has 4 rings (SSSR count). The summed E-state index contributed by atoms with van der Waals surface area (Å²) in [5.74, 6) is 0.318. The van der Waals surface area contributed by atoms with E-state index in [0.717, 1.165) is 16.7 Å². The van der Waals surface area contributed by atoms with Crippen LogP contribution in [-0.4, -0.2) is 54.6 Å². The highest BCUT2D eigenvalue weighted by Crippen LogP contribution is 2.32. The van der Waals surface area contributed by atoms with E-state index in [4.69, 9.17) is 9.72 Å². The maximum absolute atomic E-state index is 13.5. The number of carbonyl (C=O) groups excluding carboxylic acids is 1. The second-order valence-electron chi connectivity index (χ2n) is 8.66.